The minimum absolute atomic E-state index is 0.0602. The number of amides is 3. The van der Waals surface area contributed by atoms with Crippen LogP contribution in [0, 0.1) is 5.92 Å². The Kier molecular flexibility index (Phi) is 7.82. The third-order valence-corrected chi connectivity index (χ3v) is 7.88. The summed E-state index contributed by atoms with van der Waals surface area (Å²) < 4.78 is 0. The maximum Gasteiger partial charge on any atom is 0.268 e. The van der Waals surface area contributed by atoms with Crippen molar-refractivity contribution in [2.75, 3.05) is 23.0 Å². The quantitative estimate of drug-likeness (QED) is 0.310. The van der Waals surface area contributed by atoms with Crippen LogP contribution in [0.1, 0.15) is 31.7 Å². The van der Waals surface area contributed by atoms with Crippen LogP contribution in [0.2, 0.25) is 0 Å². The number of aliphatic hydroxyl groups is 2. The van der Waals surface area contributed by atoms with Gasteiger partial charge in [-0.3, -0.25) is 24.2 Å². The number of para-hydroxylation sites is 2. The number of hydrogen-bond acceptors (Lipinski definition) is 5. The molecule has 1 fully saturated rings. The van der Waals surface area contributed by atoms with Crippen molar-refractivity contribution in [2.45, 2.75) is 37.8 Å². The number of benzene rings is 3. The summed E-state index contributed by atoms with van der Waals surface area (Å²) in [4.78, 5) is 43.6. The van der Waals surface area contributed by atoms with Gasteiger partial charge in [-0.1, -0.05) is 55.5 Å². The van der Waals surface area contributed by atoms with Crippen molar-refractivity contribution < 1.29 is 24.6 Å². The SMILES string of the molecule is C[C@H](/C=C/CC(=O)N1CCC[C@H]1CO)[C@@]1(O)C(=O)N(c2ccccc2)c2ccc(N(C=O)c3ccccc3)cc21. The molecule has 5 rings (SSSR count). The van der Waals surface area contributed by atoms with Gasteiger partial charge in [-0.15, -0.1) is 0 Å². The number of carbonyl (C=O) groups excluding carboxylic acids is 3. The average molecular weight is 540 g/mol. The Balaban J connectivity index is 1.50. The lowest BCUT2D eigenvalue weighted by Gasteiger charge is -2.28. The Bertz CT molecular complexity index is 1410. The van der Waals surface area contributed by atoms with Crippen LogP contribution in [0.3, 0.4) is 0 Å². The van der Waals surface area contributed by atoms with Gasteiger partial charge in [0.2, 0.25) is 12.3 Å². The van der Waals surface area contributed by atoms with E-state index in [0.29, 0.717) is 41.3 Å². The van der Waals surface area contributed by atoms with Crippen LogP contribution in [-0.2, 0) is 20.0 Å². The molecule has 0 bridgehead atoms. The number of likely N-dealkylation sites (tertiary alicyclic amines) is 1. The average Bonchev–Trinajstić information content (AvgIpc) is 3.56. The summed E-state index contributed by atoms with van der Waals surface area (Å²) >= 11 is 0. The zero-order valence-corrected chi connectivity index (χ0v) is 22.4. The van der Waals surface area contributed by atoms with Gasteiger partial charge in [0.25, 0.3) is 5.91 Å². The second-order valence-corrected chi connectivity index (χ2v) is 10.2. The van der Waals surface area contributed by atoms with Crippen LogP contribution in [0.4, 0.5) is 22.7 Å². The van der Waals surface area contributed by atoms with Crippen molar-refractivity contribution >= 4 is 41.0 Å². The predicted octanol–water partition coefficient (Wildman–Crippen LogP) is 4.41. The van der Waals surface area contributed by atoms with Crippen LogP contribution in [0.25, 0.3) is 0 Å². The smallest absolute Gasteiger partial charge is 0.268 e. The highest BCUT2D eigenvalue weighted by atomic mass is 16.3. The molecular weight excluding hydrogens is 506 g/mol. The van der Waals surface area contributed by atoms with Gasteiger partial charge < -0.3 is 15.1 Å². The highest BCUT2D eigenvalue weighted by molar-refractivity contribution is 6.12. The number of nitrogens with zero attached hydrogens (tertiary/aromatic N) is 3. The fourth-order valence-corrected chi connectivity index (χ4v) is 5.69. The van der Waals surface area contributed by atoms with E-state index in [4.69, 9.17) is 0 Å². The molecule has 3 aromatic carbocycles. The molecule has 0 radical (unpaired) electrons. The number of carbonyl (C=O) groups is 3. The van der Waals surface area contributed by atoms with E-state index in [-0.39, 0.29) is 25.0 Å². The summed E-state index contributed by atoms with van der Waals surface area (Å²) in [5.74, 6) is -1.29. The second kappa shape index (κ2) is 11.5. The Morgan fingerprint density at radius 2 is 1.77 bits per heavy atom. The summed E-state index contributed by atoms with van der Waals surface area (Å²) in [6.07, 6.45) is 5.83. The first-order valence-electron chi connectivity index (χ1n) is 13.5. The first-order chi connectivity index (χ1) is 19.4. The zero-order valence-electron chi connectivity index (χ0n) is 22.4. The largest absolute Gasteiger partial charge is 0.394 e. The summed E-state index contributed by atoms with van der Waals surface area (Å²) in [5, 5.41) is 21.7. The molecule has 8 heteroatoms. The zero-order chi connectivity index (χ0) is 28.3. The lowest BCUT2D eigenvalue weighted by Crippen LogP contribution is -2.43. The Morgan fingerprint density at radius 3 is 2.45 bits per heavy atom. The molecule has 3 aromatic rings. The molecule has 0 aliphatic carbocycles. The van der Waals surface area contributed by atoms with Gasteiger partial charge in [-0.2, -0.15) is 0 Å². The molecule has 2 heterocycles. The van der Waals surface area contributed by atoms with Crippen LogP contribution in [0.15, 0.2) is 91.0 Å². The Hall–Kier alpha value is -4.27. The molecule has 206 valence electrons. The third kappa shape index (κ3) is 4.80. The minimum atomic E-state index is -1.94. The molecule has 1 saturated heterocycles. The van der Waals surface area contributed by atoms with Crippen LogP contribution < -0.4 is 9.80 Å². The van der Waals surface area contributed by atoms with E-state index in [1.165, 1.54) is 9.80 Å². The van der Waals surface area contributed by atoms with Crippen LogP contribution in [-0.4, -0.2) is 52.5 Å². The molecule has 0 spiro atoms. The summed E-state index contributed by atoms with van der Waals surface area (Å²) in [6.45, 7) is 2.30. The molecule has 2 aliphatic rings. The maximum atomic E-state index is 14.0. The van der Waals surface area contributed by atoms with Gasteiger partial charge in [-0.05, 0) is 55.3 Å². The van der Waals surface area contributed by atoms with Crippen molar-refractivity contribution in [3.8, 4) is 0 Å². The standard InChI is InChI=1S/C32H33N3O5/c1-23(10-8-16-30(38)33-19-9-15-27(33)21-36)32(40)28-20-26(34(22-37)24-11-4-2-5-12-24)17-18-29(28)35(31(32)39)25-13-6-3-7-14-25/h2-8,10-14,17-18,20,22-23,27,36,40H,9,15-16,19,21H2,1H3/b10-8+/t23-,27+,32+/m1/s1. The van der Waals surface area contributed by atoms with Crippen LogP contribution >= 0.6 is 0 Å². The number of fused-ring (bicyclic) bond motifs is 1. The number of anilines is 4. The lowest BCUT2D eigenvalue weighted by atomic mass is 9.82. The predicted molar refractivity (Wildman–Crippen MR) is 153 cm³/mol. The Labute approximate surface area is 233 Å². The number of rotatable bonds is 9. The fraction of sp³-hybridized carbons (Fsp3) is 0.281. The van der Waals surface area contributed by atoms with Gasteiger partial charge >= 0.3 is 0 Å². The molecule has 3 amide bonds. The summed E-state index contributed by atoms with van der Waals surface area (Å²) in [5.41, 5.74) is 0.748. The molecule has 3 atom stereocenters. The number of aliphatic hydroxyl groups excluding tert-OH is 1. The maximum absolute atomic E-state index is 14.0. The van der Waals surface area contributed by atoms with Crippen molar-refractivity contribution in [3.05, 3.63) is 96.6 Å². The second-order valence-electron chi connectivity index (χ2n) is 10.2. The van der Waals surface area contributed by atoms with E-state index in [0.717, 1.165) is 12.8 Å². The van der Waals surface area contributed by atoms with E-state index in [1.807, 2.05) is 36.4 Å². The third-order valence-electron chi connectivity index (χ3n) is 7.88. The molecule has 0 saturated carbocycles. The van der Waals surface area contributed by atoms with E-state index in [9.17, 15) is 24.6 Å². The molecule has 0 aromatic heterocycles. The first-order valence-corrected chi connectivity index (χ1v) is 13.5. The normalized spacial score (nSPS) is 21.1. The molecule has 2 aliphatic heterocycles. The minimum Gasteiger partial charge on any atom is -0.394 e. The topological polar surface area (TPSA) is 101 Å². The van der Waals surface area contributed by atoms with Gasteiger partial charge in [-0.25, -0.2) is 0 Å². The fourth-order valence-electron chi connectivity index (χ4n) is 5.69. The van der Waals surface area contributed by atoms with Gasteiger partial charge in [0.1, 0.15) is 0 Å². The monoisotopic (exact) mass is 539 g/mol. The van der Waals surface area contributed by atoms with E-state index in [1.54, 1.807) is 66.4 Å². The van der Waals surface area contributed by atoms with Gasteiger partial charge in [0, 0.05) is 41.5 Å². The van der Waals surface area contributed by atoms with Gasteiger partial charge in [0.05, 0.1) is 18.3 Å². The molecule has 40 heavy (non-hydrogen) atoms. The van der Waals surface area contributed by atoms with E-state index in [2.05, 4.69) is 0 Å². The molecular formula is C32H33N3O5. The van der Waals surface area contributed by atoms with Crippen molar-refractivity contribution in [2.24, 2.45) is 5.92 Å². The first kappa shape index (κ1) is 27.3. The summed E-state index contributed by atoms with van der Waals surface area (Å²) in [6, 6.07) is 23.3. The van der Waals surface area contributed by atoms with Crippen molar-refractivity contribution in [3.63, 3.8) is 0 Å². The van der Waals surface area contributed by atoms with E-state index < -0.39 is 17.4 Å². The Morgan fingerprint density at radius 1 is 1.07 bits per heavy atom. The summed E-state index contributed by atoms with van der Waals surface area (Å²) in [7, 11) is 0. The lowest BCUT2D eigenvalue weighted by molar-refractivity contribution is -0.138. The molecule has 0 unspecified atom stereocenters. The highest BCUT2D eigenvalue weighted by Gasteiger charge is 2.53. The highest BCUT2D eigenvalue weighted by Crippen LogP contribution is 2.49. The van der Waals surface area contributed by atoms with Crippen molar-refractivity contribution in [1.82, 2.24) is 4.90 Å². The molecule has 2 N–H and O–H groups in total. The molecule has 8 nitrogen and oxygen atoms in total. The van der Waals surface area contributed by atoms with Crippen LogP contribution in [0.5, 0.6) is 0 Å². The van der Waals surface area contributed by atoms with Crippen molar-refractivity contribution in [1.29, 1.82) is 0 Å². The van der Waals surface area contributed by atoms with Gasteiger partial charge in [0.15, 0.2) is 5.60 Å². The number of hydrogen-bond donors (Lipinski definition) is 2. The van der Waals surface area contributed by atoms with E-state index >= 15 is 0 Å².